The number of imidazole rings is 1. The van der Waals surface area contributed by atoms with Gasteiger partial charge in [0.2, 0.25) is 0 Å². The summed E-state index contributed by atoms with van der Waals surface area (Å²) in [7, 11) is 0. The van der Waals surface area contributed by atoms with Gasteiger partial charge in [0, 0.05) is 11.9 Å². The summed E-state index contributed by atoms with van der Waals surface area (Å²) in [5.74, 6) is -0.148. The van der Waals surface area contributed by atoms with Crippen LogP contribution in [-0.4, -0.2) is 15.3 Å². The van der Waals surface area contributed by atoms with Crippen LogP contribution in [0.1, 0.15) is 32.9 Å². The number of pyridine rings is 1. The van der Waals surface area contributed by atoms with Gasteiger partial charge in [0.05, 0.1) is 10.2 Å². The second-order valence-corrected chi connectivity index (χ2v) is 6.68. The zero-order valence-corrected chi connectivity index (χ0v) is 15.2. The van der Waals surface area contributed by atoms with Gasteiger partial charge in [0.15, 0.2) is 5.65 Å². The molecule has 0 aliphatic carbocycles. The smallest absolute Gasteiger partial charge is 0.274 e. The third kappa shape index (κ3) is 2.77. The normalized spacial score (nSPS) is 11.0. The molecule has 1 amide bonds. The Bertz CT molecular complexity index is 907. The largest absolute Gasteiger partial charge is 0.320 e. The lowest BCUT2D eigenvalue weighted by Gasteiger charge is -2.12. The molecule has 0 saturated heterocycles. The van der Waals surface area contributed by atoms with Crippen molar-refractivity contribution in [3.63, 3.8) is 0 Å². The van der Waals surface area contributed by atoms with Crippen LogP contribution in [0.5, 0.6) is 0 Å². The molecule has 5 heteroatoms. The quantitative estimate of drug-likeness (QED) is 0.716. The molecule has 0 fully saturated rings. The summed E-state index contributed by atoms with van der Waals surface area (Å²) in [5, 5.41) is 3.04. The SMILES string of the molecule is Cc1cc(Br)c2nc(C)c(C(=O)Nc3c(C)cccc3C)n2c1. The Balaban J connectivity index is 2.10. The molecule has 4 nitrogen and oxygen atoms in total. The minimum absolute atomic E-state index is 0.148. The molecule has 0 atom stereocenters. The molecule has 1 N–H and O–H groups in total. The zero-order valence-electron chi connectivity index (χ0n) is 13.6. The molecule has 118 valence electrons. The van der Waals surface area contributed by atoms with Crippen LogP contribution in [0, 0.1) is 27.7 Å². The van der Waals surface area contributed by atoms with Gasteiger partial charge in [-0.1, -0.05) is 18.2 Å². The van der Waals surface area contributed by atoms with Crippen LogP contribution in [0.2, 0.25) is 0 Å². The third-order valence-electron chi connectivity index (χ3n) is 3.92. The summed E-state index contributed by atoms with van der Waals surface area (Å²) in [4.78, 5) is 17.4. The Morgan fingerprint density at radius 3 is 2.48 bits per heavy atom. The molecule has 3 aromatic rings. The van der Waals surface area contributed by atoms with Gasteiger partial charge >= 0.3 is 0 Å². The van der Waals surface area contributed by atoms with Crippen LogP contribution in [0.4, 0.5) is 5.69 Å². The van der Waals surface area contributed by atoms with E-state index in [1.54, 1.807) is 0 Å². The Kier molecular flexibility index (Phi) is 3.98. The molecular formula is C18H18BrN3O. The van der Waals surface area contributed by atoms with E-state index in [2.05, 4.69) is 26.2 Å². The maximum Gasteiger partial charge on any atom is 0.274 e. The van der Waals surface area contributed by atoms with Crippen molar-refractivity contribution in [2.24, 2.45) is 0 Å². The van der Waals surface area contributed by atoms with E-state index in [0.29, 0.717) is 11.4 Å². The molecule has 2 aromatic heterocycles. The van der Waals surface area contributed by atoms with E-state index in [1.165, 1.54) is 0 Å². The number of amides is 1. The van der Waals surface area contributed by atoms with Crippen molar-refractivity contribution in [1.82, 2.24) is 9.38 Å². The maximum absolute atomic E-state index is 12.8. The summed E-state index contributed by atoms with van der Waals surface area (Å²) in [5.41, 5.74) is 6.03. The fourth-order valence-electron chi connectivity index (χ4n) is 2.80. The molecule has 0 aliphatic rings. The van der Waals surface area contributed by atoms with Gasteiger partial charge in [-0.2, -0.15) is 0 Å². The van der Waals surface area contributed by atoms with Gasteiger partial charge in [-0.15, -0.1) is 0 Å². The van der Waals surface area contributed by atoms with Gasteiger partial charge < -0.3 is 5.32 Å². The molecule has 0 spiro atoms. The monoisotopic (exact) mass is 371 g/mol. The number of hydrogen-bond donors (Lipinski definition) is 1. The number of rotatable bonds is 2. The highest BCUT2D eigenvalue weighted by Crippen LogP contribution is 2.24. The molecule has 2 heterocycles. The van der Waals surface area contributed by atoms with Crippen LogP contribution >= 0.6 is 15.9 Å². The lowest BCUT2D eigenvalue weighted by molar-refractivity contribution is 0.102. The summed E-state index contributed by atoms with van der Waals surface area (Å²) in [6.45, 7) is 7.83. The van der Waals surface area contributed by atoms with Crippen LogP contribution in [0.25, 0.3) is 5.65 Å². The van der Waals surface area contributed by atoms with Gasteiger partial charge in [-0.05, 0) is 66.4 Å². The number of nitrogens with zero attached hydrogens (tertiary/aromatic N) is 2. The number of nitrogens with one attached hydrogen (secondary N) is 1. The Morgan fingerprint density at radius 1 is 1.17 bits per heavy atom. The van der Waals surface area contributed by atoms with Crippen molar-refractivity contribution >= 4 is 33.2 Å². The first-order valence-corrected chi connectivity index (χ1v) is 8.20. The maximum atomic E-state index is 12.8. The summed E-state index contributed by atoms with van der Waals surface area (Å²) in [6.07, 6.45) is 1.93. The average Bonchev–Trinajstić information content (AvgIpc) is 2.79. The minimum Gasteiger partial charge on any atom is -0.320 e. The fraction of sp³-hybridized carbons (Fsp3) is 0.222. The molecule has 0 saturated carbocycles. The standard InChI is InChI=1S/C18H18BrN3O/c1-10-8-14(19)17-20-13(4)16(22(17)9-10)18(23)21-15-11(2)6-5-7-12(15)3/h5-9H,1-4H3,(H,21,23). The predicted octanol–water partition coefficient (Wildman–Crippen LogP) is 4.58. The van der Waals surface area contributed by atoms with E-state index in [4.69, 9.17) is 0 Å². The number of para-hydroxylation sites is 1. The van der Waals surface area contributed by atoms with Gasteiger partial charge in [-0.25, -0.2) is 4.98 Å². The van der Waals surface area contributed by atoms with E-state index in [1.807, 2.05) is 62.6 Å². The van der Waals surface area contributed by atoms with Crippen LogP contribution in [0.15, 0.2) is 34.9 Å². The summed E-state index contributed by atoms with van der Waals surface area (Å²) < 4.78 is 2.73. The number of halogens is 1. The van der Waals surface area contributed by atoms with E-state index in [-0.39, 0.29) is 5.91 Å². The first-order chi connectivity index (χ1) is 10.9. The number of aryl methyl sites for hydroxylation is 4. The lowest BCUT2D eigenvalue weighted by atomic mass is 10.1. The predicted molar refractivity (Wildman–Crippen MR) is 96.2 cm³/mol. The number of carbonyl (C=O) groups excluding carboxylic acids is 1. The second-order valence-electron chi connectivity index (χ2n) is 5.83. The Hall–Kier alpha value is -2.14. The Labute approximate surface area is 143 Å². The Morgan fingerprint density at radius 2 is 1.83 bits per heavy atom. The molecule has 23 heavy (non-hydrogen) atoms. The minimum atomic E-state index is -0.148. The van der Waals surface area contributed by atoms with E-state index >= 15 is 0 Å². The summed E-state index contributed by atoms with van der Waals surface area (Å²) in [6, 6.07) is 7.96. The van der Waals surface area contributed by atoms with Crippen molar-refractivity contribution in [2.45, 2.75) is 27.7 Å². The molecule has 0 aliphatic heterocycles. The van der Waals surface area contributed by atoms with Crippen LogP contribution < -0.4 is 5.32 Å². The molecule has 0 radical (unpaired) electrons. The molecular weight excluding hydrogens is 354 g/mol. The number of benzene rings is 1. The number of fused-ring (bicyclic) bond motifs is 1. The van der Waals surface area contributed by atoms with Crippen molar-refractivity contribution in [3.05, 3.63) is 63.0 Å². The number of anilines is 1. The summed E-state index contributed by atoms with van der Waals surface area (Å²) >= 11 is 3.52. The first-order valence-electron chi connectivity index (χ1n) is 7.41. The molecule has 1 aromatic carbocycles. The van der Waals surface area contributed by atoms with Crippen molar-refractivity contribution in [1.29, 1.82) is 0 Å². The van der Waals surface area contributed by atoms with Crippen LogP contribution in [0.3, 0.4) is 0 Å². The van der Waals surface area contributed by atoms with Crippen molar-refractivity contribution in [2.75, 3.05) is 5.32 Å². The highest BCUT2D eigenvalue weighted by Gasteiger charge is 2.19. The van der Waals surface area contributed by atoms with Gasteiger partial charge in [-0.3, -0.25) is 9.20 Å². The first kappa shape index (κ1) is 15.7. The van der Waals surface area contributed by atoms with Crippen molar-refractivity contribution < 1.29 is 4.79 Å². The highest BCUT2D eigenvalue weighted by molar-refractivity contribution is 9.10. The molecule has 0 unspecified atom stereocenters. The highest BCUT2D eigenvalue weighted by atomic mass is 79.9. The van der Waals surface area contributed by atoms with Gasteiger partial charge in [0.1, 0.15) is 5.69 Å². The van der Waals surface area contributed by atoms with E-state index in [0.717, 1.165) is 32.5 Å². The second kappa shape index (κ2) is 5.81. The molecule has 3 rings (SSSR count). The fourth-order valence-corrected chi connectivity index (χ4v) is 3.44. The molecule has 0 bridgehead atoms. The van der Waals surface area contributed by atoms with Gasteiger partial charge in [0.25, 0.3) is 5.91 Å². The number of hydrogen-bond acceptors (Lipinski definition) is 2. The topological polar surface area (TPSA) is 46.4 Å². The average molecular weight is 372 g/mol. The van der Waals surface area contributed by atoms with Crippen LogP contribution in [-0.2, 0) is 0 Å². The lowest BCUT2D eigenvalue weighted by Crippen LogP contribution is -2.17. The third-order valence-corrected chi connectivity index (χ3v) is 4.50. The van der Waals surface area contributed by atoms with E-state index in [9.17, 15) is 4.79 Å². The zero-order chi connectivity index (χ0) is 16.7. The number of aromatic nitrogens is 2. The number of carbonyl (C=O) groups is 1. The van der Waals surface area contributed by atoms with Crippen molar-refractivity contribution in [3.8, 4) is 0 Å². The van der Waals surface area contributed by atoms with E-state index < -0.39 is 0 Å².